The summed E-state index contributed by atoms with van der Waals surface area (Å²) in [5, 5.41) is 24.4. The average molecular weight is 450 g/mol. The van der Waals surface area contributed by atoms with E-state index in [0.717, 1.165) is 17.0 Å². The van der Waals surface area contributed by atoms with Gasteiger partial charge in [-0.15, -0.1) is 16.5 Å². The van der Waals surface area contributed by atoms with Crippen LogP contribution in [-0.4, -0.2) is 26.8 Å². The lowest BCUT2D eigenvalue weighted by Crippen LogP contribution is -2.13. The summed E-state index contributed by atoms with van der Waals surface area (Å²) in [6, 6.07) is 12.0. The Morgan fingerprint density at radius 1 is 1.16 bits per heavy atom. The fourth-order valence-electron chi connectivity index (χ4n) is 3.02. The Labute approximate surface area is 186 Å². The first-order valence-corrected chi connectivity index (χ1v) is 10.3. The Morgan fingerprint density at radius 2 is 1.91 bits per heavy atom. The molecule has 0 aliphatic rings. The first kappa shape index (κ1) is 21.1. The molecule has 0 bridgehead atoms. The number of aromatic nitrogens is 3. The first-order chi connectivity index (χ1) is 15.4. The normalized spacial score (nSPS) is 11.2. The van der Waals surface area contributed by atoms with E-state index in [-0.39, 0.29) is 17.1 Å². The maximum Gasteiger partial charge on any atom is 0.301 e. The van der Waals surface area contributed by atoms with Gasteiger partial charge in [-0.2, -0.15) is 9.80 Å². The van der Waals surface area contributed by atoms with Gasteiger partial charge in [0.25, 0.3) is 5.69 Å². The molecule has 0 saturated heterocycles. The molecule has 1 N–H and O–H groups in total. The van der Waals surface area contributed by atoms with Crippen LogP contribution < -0.4 is 10.3 Å². The molecule has 32 heavy (non-hydrogen) atoms. The summed E-state index contributed by atoms with van der Waals surface area (Å²) < 4.78 is 6.47. The van der Waals surface area contributed by atoms with Crippen molar-refractivity contribution in [1.29, 1.82) is 0 Å². The lowest BCUT2D eigenvalue weighted by atomic mass is 10.2. The lowest BCUT2D eigenvalue weighted by Gasteiger charge is -2.00. The van der Waals surface area contributed by atoms with Gasteiger partial charge in [0.2, 0.25) is 5.13 Å². The van der Waals surface area contributed by atoms with Crippen molar-refractivity contribution in [2.45, 2.75) is 13.8 Å². The highest BCUT2D eigenvalue weighted by Gasteiger charge is 2.16. The van der Waals surface area contributed by atoms with Crippen LogP contribution >= 0.6 is 11.3 Å². The van der Waals surface area contributed by atoms with Crippen LogP contribution in [0.15, 0.2) is 62.9 Å². The highest BCUT2D eigenvalue weighted by Crippen LogP contribution is 2.28. The number of aromatic amines is 1. The van der Waals surface area contributed by atoms with E-state index in [4.69, 9.17) is 4.74 Å². The molecule has 4 aromatic rings. The molecule has 0 spiro atoms. The highest BCUT2D eigenvalue weighted by atomic mass is 32.1. The van der Waals surface area contributed by atoms with Gasteiger partial charge in [0, 0.05) is 22.6 Å². The fourth-order valence-corrected chi connectivity index (χ4v) is 3.81. The molecule has 11 heteroatoms. The smallest absolute Gasteiger partial charge is 0.301 e. The molecule has 0 aliphatic heterocycles. The van der Waals surface area contributed by atoms with Gasteiger partial charge in [0.15, 0.2) is 5.69 Å². The number of nitro groups is 1. The van der Waals surface area contributed by atoms with Gasteiger partial charge in [-0.1, -0.05) is 6.07 Å². The number of nitrogens with one attached hydrogen (secondary N) is 1. The van der Waals surface area contributed by atoms with E-state index in [1.807, 2.05) is 29.6 Å². The minimum atomic E-state index is -0.480. The molecule has 0 amide bonds. The topological polar surface area (TPSA) is 128 Å². The molecular formula is C21H18N6O4S. The molecular weight excluding hydrogens is 432 g/mol. The van der Waals surface area contributed by atoms with Crippen LogP contribution in [0.2, 0.25) is 0 Å². The third-order valence-electron chi connectivity index (χ3n) is 4.76. The molecule has 0 aliphatic carbocycles. The zero-order valence-corrected chi connectivity index (χ0v) is 18.2. The quantitative estimate of drug-likeness (QED) is 0.244. The number of nitro benzene ring substituents is 1. The highest BCUT2D eigenvalue weighted by molar-refractivity contribution is 7.12. The predicted molar refractivity (Wildman–Crippen MR) is 121 cm³/mol. The van der Waals surface area contributed by atoms with Crippen molar-refractivity contribution in [1.82, 2.24) is 14.8 Å². The lowest BCUT2D eigenvalue weighted by molar-refractivity contribution is -0.385. The van der Waals surface area contributed by atoms with Crippen molar-refractivity contribution in [2.75, 3.05) is 7.11 Å². The van der Waals surface area contributed by atoms with Crippen LogP contribution in [0.1, 0.15) is 11.3 Å². The Kier molecular flexibility index (Phi) is 5.65. The molecule has 4 rings (SSSR count). The number of H-pyrrole nitrogens is 1. The van der Waals surface area contributed by atoms with Crippen molar-refractivity contribution in [3.05, 3.63) is 79.6 Å². The summed E-state index contributed by atoms with van der Waals surface area (Å²) in [6.07, 6.45) is 0. The Bertz CT molecular complexity index is 1380. The zero-order valence-electron chi connectivity index (χ0n) is 17.4. The number of hydrogen-bond acceptors (Lipinski definition) is 8. The third kappa shape index (κ3) is 4.05. The van der Waals surface area contributed by atoms with Crippen molar-refractivity contribution in [3.63, 3.8) is 0 Å². The second kappa shape index (κ2) is 8.55. The molecule has 2 heterocycles. The maximum atomic E-state index is 12.9. The van der Waals surface area contributed by atoms with E-state index in [9.17, 15) is 14.9 Å². The predicted octanol–water partition coefficient (Wildman–Crippen LogP) is 5.24. The van der Waals surface area contributed by atoms with Crippen LogP contribution in [0.5, 0.6) is 5.75 Å². The summed E-state index contributed by atoms with van der Waals surface area (Å²) in [4.78, 5) is 28.1. The summed E-state index contributed by atoms with van der Waals surface area (Å²) in [5.41, 5.74) is 2.56. The Hall–Kier alpha value is -4.12. The summed E-state index contributed by atoms with van der Waals surface area (Å²) >= 11 is 1.31. The van der Waals surface area contributed by atoms with Crippen LogP contribution in [0.25, 0.3) is 16.4 Å². The van der Waals surface area contributed by atoms with Gasteiger partial charge in [-0.25, -0.2) is 4.98 Å². The number of azo groups is 1. The van der Waals surface area contributed by atoms with Crippen LogP contribution in [0.3, 0.4) is 0 Å². The summed E-state index contributed by atoms with van der Waals surface area (Å²) in [7, 11) is 1.60. The zero-order chi connectivity index (χ0) is 22.8. The molecule has 0 atom stereocenters. The SMILES string of the molecule is COc1ccc(-c2csc(-n3[nH]c(C)c(N=Nc4ccc(C)c([N+](=O)[O-])c4)c3=O)n2)cc1. The van der Waals surface area contributed by atoms with E-state index in [2.05, 4.69) is 20.3 Å². The van der Waals surface area contributed by atoms with Gasteiger partial charge in [0.05, 0.1) is 29.1 Å². The standard InChI is InChI=1S/C21H18N6O4S/c1-12-4-7-15(10-18(12)27(29)30)23-24-19-13(2)25-26(20(19)28)21-22-17(11-32-21)14-5-8-16(31-3)9-6-14/h4-11,25H,1-3H3. The van der Waals surface area contributed by atoms with Crippen molar-refractivity contribution in [2.24, 2.45) is 10.2 Å². The minimum Gasteiger partial charge on any atom is -0.497 e. The molecule has 2 aromatic carbocycles. The van der Waals surface area contributed by atoms with Gasteiger partial charge < -0.3 is 4.74 Å². The largest absolute Gasteiger partial charge is 0.497 e. The van der Waals surface area contributed by atoms with Gasteiger partial charge in [-0.3, -0.25) is 20.0 Å². The van der Waals surface area contributed by atoms with Gasteiger partial charge in [0.1, 0.15) is 5.75 Å². The van der Waals surface area contributed by atoms with E-state index in [1.165, 1.54) is 22.1 Å². The molecule has 0 fully saturated rings. The van der Waals surface area contributed by atoms with E-state index >= 15 is 0 Å². The van der Waals surface area contributed by atoms with Crippen molar-refractivity contribution in [3.8, 4) is 22.1 Å². The molecule has 0 radical (unpaired) electrons. The van der Waals surface area contributed by atoms with Gasteiger partial charge in [-0.05, 0) is 44.2 Å². The number of nitrogens with zero attached hydrogens (tertiary/aromatic N) is 5. The second-order valence-corrected chi connectivity index (χ2v) is 7.73. The average Bonchev–Trinajstić information content (AvgIpc) is 3.38. The van der Waals surface area contributed by atoms with Gasteiger partial charge >= 0.3 is 5.56 Å². The number of aryl methyl sites for hydroxylation is 2. The summed E-state index contributed by atoms with van der Waals surface area (Å²) in [6.45, 7) is 3.34. The van der Waals surface area contributed by atoms with E-state index in [0.29, 0.717) is 16.4 Å². The Morgan fingerprint density at radius 3 is 2.59 bits per heavy atom. The Balaban J connectivity index is 1.63. The van der Waals surface area contributed by atoms with E-state index in [1.54, 1.807) is 33.1 Å². The minimum absolute atomic E-state index is 0.0569. The number of benzene rings is 2. The summed E-state index contributed by atoms with van der Waals surface area (Å²) in [5.74, 6) is 0.745. The number of rotatable bonds is 6. The van der Waals surface area contributed by atoms with Crippen molar-refractivity contribution < 1.29 is 9.66 Å². The van der Waals surface area contributed by atoms with Crippen LogP contribution in [0, 0.1) is 24.0 Å². The second-order valence-electron chi connectivity index (χ2n) is 6.90. The molecule has 2 aromatic heterocycles. The third-order valence-corrected chi connectivity index (χ3v) is 5.59. The molecule has 162 valence electrons. The van der Waals surface area contributed by atoms with Crippen LogP contribution in [0.4, 0.5) is 17.1 Å². The first-order valence-electron chi connectivity index (χ1n) is 9.46. The fraction of sp³-hybridized carbons (Fsp3) is 0.143. The number of ether oxygens (including phenoxy) is 1. The molecule has 10 nitrogen and oxygen atoms in total. The monoisotopic (exact) mass is 450 g/mol. The number of hydrogen-bond donors (Lipinski definition) is 1. The van der Waals surface area contributed by atoms with E-state index < -0.39 is 10.5 Å². The molecule has 0 saturated carbocycles. The van der Waals surface area contributed by atoms with Crippen LogP contribution in [-0.2, 0) is 0 Å². The maximum absolute atomic E-state index is 12.9. The number of methoxy groups -OCH3 is 1. The van der Waals surface area contributed by atoms with Crippen molar-refractivity contribution >= 4 is 28.4 Å². The number of thiazole rings is 1. The molecule has 0 unspecified atom stereocenters.